The molecule has 0 heterocycles. The number of carbonyl (C=O) groups excluding carboxylic acids is 2. The van der Waals surface area contributed by atoms with Gasteiger partial charge in [-0.15, -0.1) is 0 Å². The molecule has 0 saturated heterocycles. The fraction of sp³-hybridized carbons (Fsp3) is 0.763. The summed E-state index contributed by atoms with van der Waals surface area (Å²) in [6.45, 7) is 6.69. The van der Waals surface area contributed by atoms with Gasteiger partial charge in [-0.05, 0) is 76.7 Å². The Morgan fingerprint density at radius 2 is 0.928 bits per heavy atom. The van der Waals surface area contributed by atoms with E-state index in [0.717, 1.165) is 89.9 Å². The zero-order chi connectivity index (χ0) is 50.8. The lowest BCUT2D eigenvalue weighted by Crippen LogP contribution is -2.47. The van der Waals surface area contributed by atoms with Gasteiger partial charge >= 0.3 is 5.97 Å². The van der Waals surface area contributed by atoms with Gasteiger partial charge in [-0.2, -0.15) is 0 Å². The number of quaternary nitrogens is 1. The van der Waals surface area contributed by atoms with Crippen molar-refractivity contribution >= 4 is 19.7 Å². The first-order valence-electron chi connectivity index (χ1n) is 28.2. The number of esters is 1. The lowest BCUT2D eigenvalue weighted by atomic mass is 10.0. The van der Waals surface area contributed by atoms with E-state index in [1.807, 2.05) is 33.3 Å². The van der Waals surface area contributed by atoms with E-state index < -0.39 is 26.6 Å². The normalized spacial score (nSPS) is 14.4. The second-order valence-corrected chi connectivity index (χ2v) is 21.5. The first-order chi connectivity index (χ1) is 33.4. The van der Waals surface area contributed by atoms with Crippen LogP contribution in [0.4, 0.5) is 0 Å². The Morgan fingerprint density at radius 3 is 1.41 bits per heavy atom. The average Bonchev–Trinajstić information content (AvgIpc) is 3.31. The van der Waals surface area contributed by atoms with E-state index >= 15 is 0 Å². The fourth-order valence-corrected chi connectivity index (χ4v) is 8.51. The van der Waals surface area contributed by atoms with Crippen LogP contribution in [-0.4, -0.2) is 69.4 Å². The van der Waals surface area contributed by atoms with Crippen LogP contribution in [0.5, 0.6) is 0 Å². The Bertz CT molecular complexity index is 1420. The monoisotopic (exact) mass is 987 g/mol. The van der Waals surface area contributed by atoms with Crippen LogP contribution in [-0.2, 0) is 27.9 Å². The number of phosphoric acid groups is 1. The SMILES string of the molecule is CC/C=C\C/C=C\C/C=C\C/C=C\C/C=C\CCCCCC(=O)OC(/C=C\CCCCCCCCCCCCC)C(COP(=O)([O-])OCC[N+](C)(C)C)NC(=O)CCCCCCCCCCCCC. The zero-order valence-corrected chi connectivity index (χ0v) is 46.4. The van der Waals surface area contributed by atoms with E-state index in [0.29, 0.717) is 23.9 Å². The number of nitrogens with zero attached hydrogens (tertiary/aromatic N) is 1. The fourth-order valence-electron chi connectivity index (χ4n) is 7.78. The van der Waals surface area contributed by atoms with Crippen molar-refractivity contribution in [3.8, 4) is 0 Å². The van der Waals surface area contributed by atoms with Gasteiger partial charge in [0.2, 0.25) is 5.91 Å². The molecule has 3 atom stereocenters. The molecule has 3 unspecified atom stereocenters. The lowest BCUT2D eigenvalue weighted by Gasteiger charge is -2.30. The van der Waals surface area contributed by atoms with Crippen molar-refractivity contribution in [1.82, 2.24) is 5.32 Å². The molecule has 0 fully saturated rings. The summed E-state index contributed by atoms with van der Waals surface area (Å²) in [5, 5.41) is 3.01. The Kier molecular flexibility index (Phi) is 47.2. The van der Waals surface area contributed by atoms with E-state index in [1.54, 1.807) is 0 Å². The lowest BCUT2D eigenvalue weighted by molar-refractivity contribution is -0.870. The molecule has 0 saturated carbocycles. The smallest absolute Gasteiger partial charge is 0.306 e. The van der Waals surface area contributed by atoms with Crippen molar-refractivity contribution in [2.45, 2.75) is 251 Å². The number of phosphoric ester groups is 1. The van der Waals surface area contributed by atoms with Crippen LogP contribution in [0.15, 0.2) is 72.9 Å². The van der Waals surface area contributed by atoms with Gasteiger partial charge in [0.15, 0.2) is 0 Å². The number of rotatable bonds is 50. The molecule has 0 aliphatic carbocycles. The number of ether oxygens (including phenoxy) is 1. The topological polar surface area (TPSA) is 114 Å². The Balaban J connectivity index is 5.41. The van der Waals surface area contributed by atoms with Gasteiger partial charge < -0.3 is 28.5 Å². The summed E-state index contributed by atoms with van der Waals surface area (Å²) in [6, 6.07) is -0.901. The summed E-state index contributed by atoms with van der Waals surface area (Å²) in [6.07, 6.45) is 61.5. The number of amides is 1. The molecule has 0 radical (unpaired) electrons. The molecule has 1 N–H and O–H groups in total. The summed E-state index contributed by atoms with van der Waals surface area (Å²) in [7, 11) is 1.16. The zero-order valence-electron chi connectivity index (χ0n) is 45.5. The summed E-state index contributed by atoms with van der Waals surface area (Å²) in [5.74, 6) is -0.579. The highest BCUT2D eigenvalue weighted by Gasteiger charge is 2.27. The molecule has 0 aromatic rings. The van der Waals surface area contributed by atoms with Crippen molar-refractivity contribution < 1.29 is 37.3 Å². The maximum atomic E-state index is 13.4. The molecule has 400 valence electrons. The van der Waals surface area contributed by atoms with Crippen LogP contribution < -0.4 is 10.2 Å². The van der Waals surface area contributed by atoms with Gasteiger partial charge in [-0.25, -0.2) is 0 Å². The van der Waals surface area contributed by atoms with Gasteiger partial charge in [0.05, 0.1) is 33.8 Å². The number of hydrogen-bond donors (Lipinski definition) is 1. The highest BCUT2D eigenvalue weighted by atomic mass is 31.2. The molecule has 1 amide bonds. The third-order valence-electron chi connectivity index (χ3n) is 12.2. The van der Waals surface area contributed by atoms with Crippen LogP contribution in [0, 0.1) is 0 Å². The summed E-state index contributed by atoms with van der Waals surface area (Å²) in [4.78, 5) is 39.8. The first-order valence-corrected chi connectivity index (χ1v) is 29.7. The summed E-state index contributed by atoms with van der Waals surface area (Å²) >= 11 is 0. The molecular weight excluding hydrogens is 880 g/mol. The highest BCUT2D eigenvalue weighted by Crippen LogP contribution is 2.38. The van der Waals surface area contributed by atoms with Gasteiger partial charge in [0, 0.05) is 12.8 Å². The van der Waals surface area contributed by atoms with E-state index in [1.165, 1.54) is 109 Å². The predicted molar refractivity (Wildman–Crippen MR) is 293 cm³/mol. The minimum absolute atomic E-state index is 0.0292. The van der Waals surface area contributed by atoms with E-state index in [2.05, 4.69) is 86.8 Å². The van der Waals surface area contributed by atoms with Gasteiger partial charge in [-0.1, -0.05) is 222 Å². The summed E-state index contributed by atoms with van der Waals surface area (Å²) in [5.41, 5.74) is 0. The second-order valence-electron chi connectivity index (χ2n) is 20.1. The molecule has 10 heteroatoms. The predicted octanol–water partition coefficient (Wildman–Crippen LogP) is 16.3. The quantitative estimate of drug-likeness (QED) is 0.0212. The number of unbranched alkanes of at least 4 members (excludes halogenated alkanes) is 24. The van der Waals surface area contributed by atoms with Crippen LogP contribution in [0.1, 0.15) is 239 Å². The third kappa shape index (κ3) is 50.2. The van der Waals surface area contributed by atoms with Crippen molar-refractivity contribution in [1.29, 1.82) is 0 Å². The Hall–Kier alpha value is -2.55. The Labute approximate surface area is 425 Å². The molecule has 69 heavy (non-hydrogen) atoms. The third-order valence-corrected chi connectivity index (χ3v) is 13.1. The van der Waals surface area contributed by atoms with Gasteiger partial charge in [0.1, 0.15) is 19.3 Å². The number of carbonyl (C=O) groups is 2. The standard InChI is InChI=1S/C59H107N2O7P/c1-7-10-13-16-19-22-25-27-28-29-30-31-32-34-37-40-43-46-49-52-59(63)68-57(50-47-44-41-38-36-33-26-23-20-17-14-11-8-2)56(55-67-69(64,65)66-54-53-61(4,5)6)60-58(62)51-48-45-42-39-35-24-21-18-15-12-9-3/h10,13,19,22,27-28,30-31,34,37,47,50,56-57H,7-9,11-12,14-18,20-21,23-26,29,32-33,35-36,38-46,48-49,51-55H2,1-6H3,(H-,60,62,64,65)/b13-10-,22-19-,28-27-,31-30-,37-34-,50-47-. The van der Waals surface area contributed by atoms with Crippen LogP contribution in [0.25, 0.3) is 0 Å². The van der Waals surface area contributed by atoms with Gasteiger partial charge in [-0.3, -0.25) is 14.2 Å². The van der Waals surface area contributed by atoms with Crippen molar-refractivity contribution in [3.63, 3.8) is 0 Å². The van der Waals surface area contributed by atoms with Crippen LogP contribution in [0.3, 0.4) is 0 Å². The molecule has 0 aliphatic rings. The average molecular weight is 987 g/mol. The Morgan fingerprint density at radius 1 is 0.522 bits per heavy atom. The van der Waals surface area contributed by atoms with E-state index in [9.17, 15) is 19.0 Å². The van der Waals surface area contributed by atoms with Crippen molar-refractivity contribution in [2.24, 2.45) is 0 Å². The molecule has 0 aromatic heterocycles. The van der Waals surface area contributed by atoms with E-state index in [-0.39, 0.29) is 24.9 Å². The first kappa shape index (κ1) is 66.5. The van der Waals surface area contributed by atoms with Crippen molar-refractivity contribution in [2.75, 3.05) is 40.9 Å². The molecule has 0 aromatic carbocycles. The minimum atomic E-state index is -4.70. The van der Waals surface area contributed by atoms with E-state index in [4.69, 9.17) is 13.8 Å². The number of hydrogen-bond acceptors (Lipinski definition) is 7. The minimum Gasteiger partial charge on any atom is -0.756 e. The summed E-state index contributed by atoms with van der Waals surface area (Å²) < 4.78 is 30.2. The molecule has 0 rings (SSSR count). The maximum Gasteiger partial charge on any atom is 0.306 e. The maximum absolute atomic E-state index is 13.4. The van der Waals surface area contributed by atoms with Crippen LogP contribution >= 0.6 is 7.82 Å². The molecular formula is C59H107N2O7P. The number of allylic oxidation sites excluding steroid dienone is 11. The molecule has 0 aliphatic heterocycles. The molecule has 0 bridgehead atoms. The molecule has 9 nitrogen and oxygen atoms in total. The number of likely N-dealkylation sites (N-methyl/N-ethyl adjacent to an activating group) is 1. The second kappa shape index (κ2) is 49.0. The molecule has 0 spiro atoms. The van der Waals surface area contributed by atoms with Gasteiger partial charge in [0.25, 0.3) is 7.82 Å². The number of nitrogens with one attached hydrogen (secondary N) is 1. The largest absolute Gasteiger partial charge is 0.756 e. The highest BCUT2D eigenvalue weighted by molar-refractivity contribution is 7.45. The van der Waals surface area contributed by atoms with Crippen LogP contribution in [0.2, 0.25) is 0 Å². The van der Waals surface area contributed by atoms with Crippen molar-refractivity contribution in [3.05, 3.63) is 72.9 Å².